The SMILES string of the molecule is COc1ccc(OC)c([PH+](C2CCCCC2)C2CCCCC2)c1-c1c(C(C)C)cc(C(C)C)cc1C(C)C.[Au].c1ccc2n[nH]nc2c1. The zero-order valence-corrected chi connectivity index (χ0v) is 33.8. The number of hydrogen-bond acceptors (Lipinski definition) is 4. The minimum Gasteiger partial charge on any atom is -0.496 e. The van der Waals surface area contributed by atoms with Crippen LogP contribution in [0.15, 0.2) is 48.5 Å². The van der Waals surface area contributed by atoms with Crippen LogP contribution in [0.1, 0.15) is 140 Å². The van der Waals surface area contributed by atoms with Crippen molar-refractivity contribution in [2.75, 3.05) is 14.2 Å². The summed E-state index contributed by atoms with van der Waals surface area (Å²) in [6, 6.07) is 17.1. The van der Waals surface area contributed by atoms with E-state index in [4.69, 9.17) is 9.47 Å². The Hall–Kier alpha value is -2.17. The van der Waals surface area contributed by atoms with Crippen molar-refractivity contribution in [1.29, 1.82) is 0 Å². The van der Waals surface area contributed by atoms with Crippen LogP contribution in [0.2, 0.25) is 0 Å². The van der Waals surface area contributed by atoms with Crippen molar-refractivity contribution in [3.63, 3.8) is 0 Å². The molecule has 3 aromatic carbocycles. The smallest absolute Gasteiger partial charge is 0.161 e. The van der Waals surface area contributed by atoms with E-state index in [0.717, 1.165) is 33.9 Å². The van der Waals surface area contributed by atoms with Crippen LogP contribution in [0.4, 0.5) is 0 Å². The molecule has 1 N–H and O–H groups in total. The summed E-state index contributed by atoms with van der Waals surface area (Å²) < 4.78 is 12.6. The van der Waals surface area contributed by atoms with Crippen molar-refractivity contribution in [1.82, 2.24) is 15.4 Å². The number of hydrogen-bond donors (Lipinski definition) is 1. The molecule has 7 heteroatoms. The molecular formula is C41H59AuN3O2P+. The fourth-order valence-electron chi connectivity index (χ4n) is 8.04. The number of aromatic nitrogens is 3. The van der Waals surface area contributed by atoms with E-state index >= 15 is 0 Å². The van der Waals surface area contributed by atoms with Gasteiger partial charge in [0.05, 0.1) is 31.1 Å². The molecule has 0 amide bonds. The van der Waals surface area contributed by atoms with Crippen LogP contribution in [0, 0.1) is 0 Å². The van der Waals surface area contributed by atoms with E-state index in [2.05, 4.69) is 81.2 Å². The summed E-state index contributed by atoms with van der Waals surface area (Å²) in [7, 11) is 2.88. The number of para-hydroxylation sites is 2. The summed E-state index contributed by atoms with van der Waals surface area (Å²) in [5, 5.41) is 11.9. The third-order valence-corrected chi connectivity index (χ3v) is 14.5. The molecule has 5 nitrogen and oxygen atoms in total. The molecule has 48 heavy (non-hydrogen) atoms. The van der Waals surface area contributed by atoms with E-state index < -0.39 is 7.92 Å². The Bertz CT molecular complexity index is 1510. The van der Waals surface area contributed by atoms with Crippen molar-refractivity contribution in [2.24, 2.45) is 0 Å². The molecule has 1 radical (unpaired) electrons. The van der Waals surface area contributed by atoms with Crippen LogP contribution >= 0.6 is 7.92 Å². The molecule has 0 unspecified atom stereocenters. The maximum atomic E-state index is 6.30. The Labute approximate surface area is 307 Å². The normalized spacial score (nSPS) is 15.9. The number of aromatic amines is 1. The van der Waals surface area contributed by atoms with E-state index in [0.29, 0.717) is 17.8 Å². The molecule has 0 spiro atoms. The van der Waals surface area contributed by atoms with Crippen molar-refractivity contribution in [3.8, 4) is 22.6 Å². The molecular weight excluding hydrogens is 794 g/mol. The van der Waals surface area contributed by atoms with Gasteiger partial charge in [-0.15, -0.1) is 0 Å². The summed E-state index contributed by atoms with van der Waals surface area (Å²) >= 11 is 0. The molecule has 0 saturated heterocycles. The van der Waals surface area contributed by atoms with Gasteiger partial charge in [-0.05, 0) is 116 Å². The van der Waals surface area contributed by atoms with Crippen LogP contribution in [-0.2, 0) is 22.4 Å². The van der Waals surface area contributed by atoms with Crippen LogP contribution in [0.3, 0.4) is 0 Å². The maximum Gasteiger partial charge on any atom is 0.161 e. The Kier molecular flexibility index (Phi) is 14.6. The van der Waals surface area contributed by atoms with Crippen LogP contribution in [-0.4, -0.2) is 40.9 Å². The minimum absolute atomic E-state index is 0. The van der Waals surface area contributed by atoms with Gasteiger partial charge >= 0.3 is 0 Å². The first kappa shape index (κ1) is 38.6. The molecule has 6 rings (SSSR count). The number of rotatable bonds is 9. The maximum absolute atomic E-state index is 6.30. The fraction of sp³-hybridized carbons (Fsp3) is 0.561. The van der Waals surface area contributed by atoms with Gasteiger partial charge in [0, 0.05) is 30.3 Å². The zero-order valence-electron chi connectivity index (χ0n) is 30.6. The molecule has 265 valence electrons. The van der Waals surface area contributed by atoms with Gasteiger partial charge in [0.1, 0.15) is 22.1 Å². The molecule has 1 aromatic heterocycles. The number of nitrogens with zero attached hydrogens (tertiary/aromatic N) is 2. The Morgan fingerprint density at radius 1 is 0.625 bits per heavy atom. The van der Waals surface area contributed by atoms with E-state index in [1.54, 1.807) is 5.30 Å². The predicted molar refractivity (Wildman–Crippen MR) is 203 cm³/mol. The predicted octanol–water partition coefficient (Wildman–Crippen LogP) is 11.2. The van der Waals surface area contributed by atoms with Gasteiger partial charge in [-0.2, -0.15) is 15.4 Å². The summed E-state index contributed by atoms with van der Waals surface area (Å²) in [6.45, 7) is 14.1. The molecule has 2 aliphatic carbocycles. The van der Waals surface area contributed by atoms with Crippen molar-refractivity contribution >= 4 is 24.3 Å². The summed E-state index contributed by atoms with van der Waals surface area (Å²) in [5.74, 6) is 3.53. The molecule has 0 aliphatic heterocycles. The Morgan fingerprint density at radius 2 is 1.08 bits per heavy atom. The number of ether oxygens (including phenoxy) is 2. The van der Waals surface area contributed by atoms with Gasteiger partial charge in [-0.25, -0.2) is 0 Å². The van der Waals surface area contributed by atoms with Gasteiger partial charge in [-0.1, -0.05) is 78.6 Å². The summed E-state index contributed by atoms with van der Waals surface area (Å²) in [6.07, 6.45) is 14.0. The van der Waals surface area contributed by atoms with Gasteiger partial charge in [-0.3, -0.25) is 0 Å². The average molecular weight is 854 g/mol. The van der Waals surface area contributed by atoms with E-state index in [1.807, 2.05) is 38.5 Å². The minimum atomic E-state index is -0.889. The van der Waals surface area contributed by atoms with Crippen LogP contribution in [0.25, 0.3) is 22.2 Å². The third kappa shape index (κ3) is 8.76. The number of methoxy groups -OCH3 is 2. The first-order chi connectivity index (χ1) is 22.7. The van der Waals surface area contributed by atoms with E-state index in [9.17, 15) is 0 Å². The second-order valence-corrected chi connectivity index (χ2v) is 17.7. The van der Waals surface area contributed by atoms with Gasteiger partial charge in [0.25, 0.3) is 0 Å². The third-order valence-electron chi connectivity index (χ3n) is 10.6. The molecule has 2 fully saturated rings. The van der Waals surface area contributed by atoms with Gasteiger partial charge in [0.2, 0.25) is 0 Å². The van der Waals surface area contributed by atoms with E-state index in [-0.39, 0.29) is 22.4 Å². The average Bonchev–Trinajstić information content (AvgIpc) is 3.58. The number of H-pyrrole nitrogens is 1. The van der Waals surface area contributed by atoms with Gasteiger partial charge in [0.15, 0.2) is 5.75 Å². The first-order valence-electron chi connectivity index (χ1n) is 18.3. The zero-order chi connectivity index (χ0) is 33.5. The standard InChI is InChI=1S/C35H53O2P.C6H5N3.Au/c1-23(2)26-21-29(24(3)4)33(30(22-26)25(5)6)34-31(36-7)19-20-32(37-8)35(34)38(27-15-11-9-12-16-27)28-17-13-10-14-18-28;1-2-4-6-5(3-1)7-9-8-6;/h19-25,27-28H,9-18H2,1-8H3;1-4H,(H,7,8,9);/p+1. The number of nitrogens with one attached hydrogen (secondary N) is 1. The van der Waals surface area contributed by atoms with Crippen molar-refractivity contribution < 1.29 is 31.9 Å². The topological polar surface area (TPSA) is 60.0 Å². The molecule has 1 heterocycles. The first-order valence-corrected chi connectivity index (χ1v) is 20.0. The molecule has 0 atom stereocenters. The van der Waals surface area contributed by atoms with Gasteiger partial charge < -0.3 is 9.47 Å². The molecule has 2 saturated carbocycles. The molecule has 2 aliphatic rings. The van der Waals surface area contributed by atoms with Crippen molar-refractivity contribution in [2.45, 2.75) is 135 Å². The Morgan fingerprint density at radius 3 is 1.50 bits per heavy atom. The second-order valence-electron chi connectivity index (χ2n) is 14.7. The monoisotopic (exact) mass is 853 g/mol. The fourth-order valence-corrected chi connectivity index (χ4v) is 12.6. The summed E-state index contributed by atoms with van der Waals surface area (Å²) in [5.41, 5.74) is 10.7. The Balaban J connectivity index is 0.000000444. The van der Waals surface area contributed by atoms with Crippen molar-refractivity contribution in [3.05, 3.63) is 65.2 Å². The molecule has 0 bridgehead atoms. The largest absolute Gasteiger partial charge is 0.496 e. The summed E-state index contributed by atoms with van der Waals surface area (Å²) in [4.78, 5) is 0. The second kappa shape index (κ2) is 18.2. The molecule has 4 aromatic rings. The van der Waals surface area contributed by atoms with Crippen LogP contribution in [0.5, 0.6) is 11.5 Å². The number of fused-ring (bicyclic) bond motifs is 1. The quantitative estimate of drug-likeness (QED) is 0.135. The van der Waals surface area contributed by atoms with Crippen LogP contribution < -0.4 is 14.8 Å². The van der Waals surface area contributed by atoms with E-state index in [1.165, 1.54) is 92.0 Å². The number of benzene rings is 3.